The quantitative estimate of drug-likeness (QED) is 0.808. The van der Waals surface area contributed by atoms with Crippen LogP contribution in [0.5, 0.6) is 0 Å². The Bertz CT molecular complexity index is 847. The Morgan fingerprint density at radius 2 is 1.89 bits per heavy atom. The molecule has 1 amide bonds. The maximum atomic E-state index is 12.6. The standard InChI is InChI=1S/C20H26N4O3/c1-11-9-24(10-12(2)27-11)17-7-6-16(8-21-17)23-20(26)19-13(3)18(15(5)25)14(4)22-19/h6-8,11-12,22H,9-10H2,1-5H3,(H,23,26). The summed E-state index contributed by atoms with van der Waals surface area (Å²) in [6, 6.07) is 3.73. The number of aryl methyl sites for hydroxylation is 1. The summed E-state index contributed by atoms with van der Waals surface area (Å²) in [5.41, 5.74) is 2.95. The van der Waals surface area contributed by atoms with Crippen LogP contribution in [0.3, 0.4) is 0 Å². The number of rotatable bonds is 4. The van der Waals surface area contributed by atoms with Gasteiger partial charge in [-0.25, -0.2) is 4.98 Å². The summed E-state index contributed by atoms with van der Waals surface area (Å²) in [7, 11) is 0. The summed E-state index contributed by atoms with van der Waals surface area (Å²) in [5.74, 6) is 0.521. The molecule has 7 nitrogen and oxygen atoms in total. The Labute approximate surface area is 159 Å². The van der Waals surface area contributed by atoms with Crippen LogP contribution in [0.25, 0.3) is 0 Å². The van der Waals surface area contributed by atoms with Gasteiger partial charge < -0.3 is 19.9 Å². The number of hydrogen-bond acceptors (Lipinski definition) is 5. The Morgan fingerprint density at radius 1 is 1.22 bits per heavy atom. The first-order valence-corrected chi connectivity index (χ1v) is 9.14. The van der Waals surface area contributed by atoms with E-state index in [0.717, 1.165) is 18.9 Å². The number of nitrogens with zero attached hydrogens (tertiary/aromatic N) is 2. The normalized spacial score (nSPS) is 19.8. The van der Waals surface area contributed by atoms with Crippen molar-refractivity contribution in [2.24, 2.45) is 0 Å². The van der Waals surface area contributed by atoms with Crippen LogP contribution < -0.4 is 10.2 Å². The van der Waals surface area contributed by atoms with E-state index in [-0.39, 0.29) is 23.9 Å². The van der Waals surface area contributed by atoms with E-state index in [1.54, 1.807) is 20.0 Å². The lowest BCUT2D eigenvalue weighted by Crippen LogP contribution is -2.45. The highest BCUT2D eigenvalue weighted by Gasteiger charge is 2.23. The maximum absolute atomic E-state index is 12.6. The number of pyridine rings is 1. The molecule has 0 radical (unpaired) electrons. The third kappa shape index (κ3) is 4.03. The molecule has 2 unspecified atom stereocenters. The molecule has 0 bridgehead atoms. The van der Waals surface area contributed by atoms with E-state index in [2.05, 4.69) is 20.2 Å². The van der Waals surface area contributed by atoms with Gasteiger partial charge in [-0.1, -0.05) is 0 Å². The van der Waals surface area contributed by atoms with Crippen LogP contribution in [0, 0.1) is 13.8 Å². The minimum atomic E-state index is -0.286. The van der Waals surface area contributed by atoms with Crippen molar-refractivity contribution < 1.29 is 14.3 Å². The molecule has 1 aliphatic rings. The number of amides is 1. The third-order valence-corrected chi connectivity index (χ3v) is 4.77. The molecule has 2 N–H and O–H groups in total. The van der Waals surface area contributed by atoms with Crippen LogP contribution in [0.2, 0.25) is 0 Å². The molecule has 144 valence electrons. The van der Waals surface area contributed by atoms with Crippen molar-refractivity contribution in [3.63, 3.8) is 0 Å². The zero-order valence-electron chi connectivity index (χ0n) is 16.4. The summed E-state index contributed by atoms with van der Waals surface area (Å²) < 4.78 is 5.75. The number of Topliss-reactive ketones (excluding diaryl/α,β-unsaturated/α-hetero) is 1. The van der Waals surface area contributed by atoms with Gasteiger partial charge in [-0.3, -0.25) is 9.59 Å². The number of anilines is 2. The van der Waals surface area contributed by atoms with Gasteiger partial charge in [0.25, 0.3) is 5.91 Å². The van der Waals surface area contributed by atoms with E-state index in [4.69, 9.17) is 4.74 Å². The minimum absolute atomic E-state index is 0.0553. The number of ether oxygens (including phenoxy) is 1. The first-order chi connectivity index (χ1) is 12.8. The first kappa shape index (κ1) is 19.1. The van der Waals surface area contributed by atoms with Crippen LogP contribution in [0.4, 0.5) is 11.5 Å². The van der Waals surface area contributed by atoms with Crippen molar-refractivity contribution in [2.45, 2.75) is 46.8 Å². The Kier molecular flexibility index (Phi) is 5.32. The molecule has 0 saturated carbocycles. The van der Waals surface area contributed by atoms with Crippen LogP contribution in [0.1, 0.15) is 52.9 Å². The predicted octanol–water partition coefficient (Wildman–Crippen LogP) is 3.10. The van der Waals surface area contributed by atoms with Gasteiger partial charge in [0.2, 0.25) is 0 Å². The Hall–Kier alpha value is -2.67. The van der Waals surface area contributed by atoms with E-state index in [9.17, 15) is 9.59 Å². The van der Waals surface area contributed by atoms with Gasteiger partial charge in [-0.15, -0.1) is 0 Å². The average Bonchev–Trinajstić information content (AvgIpc) is 2.89. The molecule has 2 aromatic heterocycles. The molecule has 2 aromatic rings. The van der Waals surface area contributed by atoms with Crippen LogP contribution in [0.15, 0.2) is 18.3 Å². The lowest BCUT2D eigenvalue weighted by atomic mass is 10.1. The smallest absolute Gasteiger partial charge is 0.272 e. The molecule has 0 aromatic carbocycles. The second-order valence-corrected chi connectivity index (χ2v) is 7.20. The number of H-pyrrole nitrogens is 1. The van der Waals surface area contributed by atoms with Crippen molar-refractivity contribution in [1.82, 2.24) is 9.97 Å². The zero-order valence-corrected chi connectivity index (χ0v) is 16.4. The molecular weight excluding hydrogens is 344 g/mol. The van der Waals surface area contributed by atoms with Crippen LogP contribution in [-0.4, -0.2) is 47.0 Å². The highest BCUT2D eigenvalue weighted by Crippen LogP contribution is 2.22. The second kappa shape index (κ2) is 7.52. The van der Waals surface area contributed by atoms with Crippen LogP contribution in [-0.2, 0) is 4.74 Å². The molecule has 3 heterocycles. The average molecular weight is 370 g/mol. The van der Waals surface area contributed by atoms with Crippen molar-refractivity contribution in [2.75, 3.05) is 23.3 Å². The van der Waals surface area contributed by atoms with Gasteiger partial charge in [0.15, 0.2) is 5.78 Å². The van der Waals surface area contributed by atoms with Gasteiger partial charge in [0.05, 0.1) is 24.1 Å². The highest BCUT2D eigenvalue weighted by molar-refractivity contribution is 6.07. The maximum Gasteiger partial charge on any atom is 0.272 e. The van der Waals surface area contributed by atoms with E-state index < -0.39 is 0 Å². The third-order valence-electron chi connectivity index (χ3n) is 4.77. The molecule has 27 heavy (non-hydrogen) atoms. The topological polar surface area (TPSA) is 87.3 Å². The van der Waals surface area contributed by atoms with E-state index >= 15 is 0 Å². The largest absolute Gasteiger partial charge is 0.372 e. The first-order valence-electron chi connectivity index (χ1n) is 9.14. The fraction of sp³-hybridized carbons (Fsp3) is 0.450. The van der Waals surface area contributed by atoms with Gasteiger partial charge in [0.1, 0.15) is 11.5 Å². The number of nitrogens with one attached hydrogen (secondary N) is 2. The molecule has 7 heteroatoms. The minimum Gasteiger partial charge on any atom is -0.372 e. The monoisotopic (exact) mass is 370 g/mol. The number of carbonyl (C=O) groups excluding carboxylic acids is 2. The number of aromatic nitrogens is 2. The zero-order chi connectivity index (χ0) is 19.7. The van der Waals surface area contributed by atoms with Gasteiger partial charge in [-0.05, 0) is 52.3 Å². The van der Waals surface area contributed by atoms with Crippen LogP contribution >= 0.6 is 0 Å². The second-order valence-electron chi connectivity index (χ2n) is 7.20. The lowest BCUT2D eigenvalue weighted by molar-refractivity contribution is -0.00545. The fourth-order valence-corrected chi connectivity index (χ4v) is 3.71. The van der Waals surface area contributed by atoms with Crippen molar-refractivity contribution in [3.05, 3.63) is 40.8 Å². The Morgan fingerprint density at radius 3 is 2.41 bits per heavy atom. The molecule has 1 fully saturated rings. The summed E-state index contributed by atoms with van der Waals surface area (Å²) in [6.07, 6.45) is 1.96. The van der Waals surface area contributed by atoms with E-state index in [1.165, 1.54) is 6.92 Å². The summed E-state index contributed by atoms with van der Waals surface area (Å²) in [5, 5.41) is 2.84. The van der Waals surface area contributed by atoms with E-state index in [0.29, 0.717) is 28.2 Å². The predicted molar refractivity (Wildman–Crippen MR) is 105 cm³/mol. The number of ketones is 1. The number of morpholine rings is 1. The summed E-state index contributed by atoms with van der Waals surface area (Å²) >= 11 is 0. The SMILES string of the molecule is CC(=O)c1c(C)[nH]c(C(=O)Nc2ccc(N3CC(C)OC(C)C3)nc2)c1C. The highest BCUT2D eigenvalue weighted by atomic mass is 16.5. The molecule has 3 rings (SSSR count). The summed E-state index contributed by atoms with van der Waals surface area (Å²) in [6.45, 7) is 10.7. The number of hydrogen-bond donors (Lipinski definition) is 2. The molecule has 1 saturated heterocycles. The summed E-state index contributed by atoms with van der Waals surface area (Å²) in [4.78, 5) is 34.0. The van der Waals surface area contributed by atoms with Crippen molar-refractivity contribution in [3.8, 4) is 0 Å². The molecule has 1 aliphatic heterocycles. The number of aromatic amines is 1. The van der Waals surface area contributed by atoms with Crippen molar-refractivity contribution in [1.29, 1.82) is 0 Å². The van der Waals surface area contributed by atoms with Gasteiger partial charge in [-0.2, -0.15) is 0 Å². The van der Waals surface area contributed by atoms with Gasteiger partial charge >= 0.3 is 0 Å². The number of carbonyl (C=O) groups is 2. The van der Waals surface area contributed by atoms with Gasteiger partial charge in [0, 0.05) is 24.3 Å². The van der Waals surface area contributed by atoms with Crippen molar-refractivity contribution >= 4 is 23.2 Å². The van der Waals surface area contributed by atoms with E-state index in [1.807, 2.05) is 26.0 Å². The molecular formula is C20H26N4O3. The lowest BCUT2D eigenvalue weighted by Gasteiger charge is -2.36. The molecule has 0 spiro atoms. The fourth-order valence-electron chi connectivity index (χ4n) is 3.71. The Balaban J connectivity index is 1.72. The molecule has 0 aliphatic carbocycles. The molecule has 2 atom stereocenters.